The highest BCUT2D eigenvalue weighted by atomic mass is 19.4. The van der Waals surface area contributed by atoms with Crippen molar-refractivity contribution in [1.29, 1.82) is 0 Å². The number of benzene rings is 1. The van der Waals surface area contributed by atoms with Crippen LogP contribution in [0.3, 0.4) is 0 Å². The number of nitrogens with two attached hydrogens (primary N) is 1. The lowest BCUT2D eigenvalue weighted by atomic mass is 10.0. The topological polar surface area (TPSA) is 122 Å². The molecule has 1 aromatic rings. The highest BCUT2D eigenvalue weighted by Crippen LogP contribution is 2.13. The Morgan fingerprint density at radius 2 is 1.65 bits per heavy atom. The Bertz CT molecular complexity index is 742. The van der Waals surface area contributed by atoms with Crippen LogP contribution in [0.25, 0.3) is 0 Å². The molecule has 2 atom stereocenters. The van der Waals surface area contributed by atoms with Crippen LogP contribution in [-0.4, -0.2) is 46.7 Å². The first-order chi connectivity index (χ1) is 14.1. The SMILES string of the molecule is C[C@H](N)C(=O)N[C@H](/C=C/C(=O)NC(C)(C)C)CCc1ccccc1.O=C(O)C(F)(F)F. The van der Waals surface area contributed by atoms with Crippen LogP contribution >= 0.6 is 0 Å². The van der Waals surface area contributed by atoms with Crippen molar-refractivity contribution in [2.75, 3.05) is 0 Å². The highest BCUT2D eigenvalue weighted by molar-refractivity contribution is 5.88. The summed E-state index contributed by atoms with van der Waals surface area (Å²) in [6, 6.07) is 9.20. The third-order valence-electron chi connectivity index (χ3n) is 3.55. The van der Waals surface area contributed by atoms with E-state index in [1.165, 1.54) is 11.6 Å². The Balaban J connectivity index is 0.00000110. The molecule has 10 heteroatoms. The van der Waals surface area contributed by atoms with E-state index in [1.54, 1.807) is 13.0 Å². The Morgan fingerprint density at radius 3 is 2.06 bits per heavy atom. The smallest absolute Gasteiger partial charge is 0.475 e. The standard InChI is InChI=1S/C19H29N3O2.C2HF3O2/c1-14(20)18(24)21-16(11-10-15-8-6-5-7-9-15)12-13-17(23)22-19(2,3)4;3-2(4,5)1(6)7/h5-9,12-14,16H,10-11,20H2,1-4H3,(H,21,24)(H,22,23);(H,6,7)/b13-12+;/t14-,16-;/m0./s1. The molecule has 0 unspecified atom stereocenters. The lowest BCUT2D eigenvalue weighted by Gasteiger charge is -2.20. The number of hydrogen-bond donors (Lipinski definition) is 4. The van der Waals surface area contributed by atoms with Gasteiger partial charge in [-0.15, -0.1) is 0 Å². The van der Waals surface area contributed by atoms with E-state index in [2.05, 4.69) is 10.6 Å². The van der Waals surface area contributed by atoms with Gasteiger partial charge in [0.25, 0.3) is 0 Å². The van der Waals surface area contributed by atoms with Crippen molar-refractivity contribution in [2.24, 2.45) is 5.73 Å². The fourth-order valence-electron chi connectivity index (χ4n) is 2.11. The second-order valence-electron chi connectivity index (χ2n) is 7.83. The van der Waals surface area contributed by atoms with Crippen LogP contribution in [0.1, 0.15) is 39.7 Å². The number of carboxylic acids is 1. The first kappa shape index (κ1) is 28.1. The molecular weight excluding hydrogens is 415 g/mol. The maximum absolute atomic E-state index is 11.9. The molecule has 0 bridgehead atoms. The molecule has 1 aromatic carbocycles. The van der Waals surface area contributed by atoms with Crippen molar-refractivity contribution in [3.63, 3.8) is 0 Å². The number of carbonyl (C=O) groups excluding carboxylic acids is 2. The van der Waals surface area contributed by atoms with Gasteiger partial charge >= 0.3 is 12.1 Å². The average Bonchev–Trinajstić information content (AvgIpc) is 2.62. The Kier molecular flexibility index (Phi) is 11.6. The van der Waals surface area contributed by atoms with Gasteiger partial charge in [0.1, 0.15) is 0 Å². The normalized spacial score (nSPS) is 13.5. The van der Waals surface area contributed by atoms with Gasteiger partial charge in [-0.25, -0.2) is 4.79 Å². The van der Waals surface area contributed by atoms with Gasteiger partial charge in [-0.1, -0.05) is 36.4 Å². The molecule has 2 amide bonds. The molecular formula is C21H30F3N3O4. The van der Waals surface area contributed by atoms with Crippen LogP contribution in [0.2, 0.25) is 0 Å². The molecule has 1 rings (SSSR count). The number of rotatable bonds is 7. The highest BCUT2D eigenvalue weighted by Gasteiger charge is 2.38. The Hall–Kier alpha value is -2.88. The van der Waals surface area contributed by atoms with E-state index in [-0.39, 0.29) is 23.4 Å². The second-order valence-corrected chi connectivity index (χ2v) is 7.83. The van der Waals surface area contributed by atoms with Crippen molar-refractivity contribution < 1.29 is 32.7 Å². The largest absolute Gasteiger partial charge is 0.490 e. The summed E-state index contributed by atoms with van der Waals surface area (Å²) in [4.78, 5) is 32.7. The summed E-state index contributed by atoms with van der Waals surface area (Å²) in [7, 11) is 0. The summed E-state index contributed by atoms with van der Waals surface area (Å²) in [5, 5.41) is 12.9. The van der Waals surface area contributed by atoms with Gasteiger partial charge in [-0.05, 0) is 46.1 Å². The van der Waals surface area contributed by atoms with Crippen LogP contribution in [0.4, 0.5) is 13.2 Å². The summed E-state index contributed by atoms with van der Waals surface area (Å²) in [5.74, 6) is -3.16. The van der Waals surface area contributed by atoms with Gasteiger partial charge < -0.3 is 21.5 Å². The molecule has 0 heterocycles. The van der Waals surface area contributed by atoms with Crippen LogP contribution in [0, 0.1) is 0 Å². The number of carboxylic acid groups (broad SMARTS) is 1. The van der Waals surface area contributed by atoms with Crippen molar-refractivity contribution in [2.45, 2.75) is 64.3 Å². The van der Waals surface area contributed by atoms with E-state index in [4.69, 9.17) is 15.6 Å². The number of nitrogens with one attached hydrogen (secondary N) is 2. The molecule has 0 spiro atoms. The predicted octanol–water partition coefficient (Wildman–Crippen LogP) is 2.56. The lowest BCUT2D eigenvalue weighted by molar-refractivity contribution is -0.192. The maximum atomic E-state index is 11.9. The van der Waals surface area contributed by atoms with Crippen molar-refractivity contribution in [1.82, 2.24) is 10.6 Å². The number of hydrogen-bond acceptors (Lipinski definition) is 4. The van der Waals surface area contributed by atoms with Gasteiger partial charge in [-0.3, -0.25) is 9.59 Å². The van der Waals surface area contributed by atoms with Crippen LogP contribution in [0.5, 0.6) is 0 Å². The zero-order valence-corrected chi connectivity index (χ0v) is 18.0. The Labute approximate surface area is 179 Å². The summed E-state index contributed by atoms with van der Waals surface area (Å²) >= 11 is 0. The number of halogens is 3. The van der Waals surface area contributed by atoms with Gasteiger partial charge in [0, 0.05) is 17.7 Å². The van der Waals surface area contributed by atoms with E-state index in [1.807, 2.05) is 51.1 Å². The predicted molar refractivity (Wildman–Crippen MR) is 111 cm³/mol. The van der Waals surface area contributed by atoms with Crippen LogP contribution in [-0.2, 0) is 20.8 Å². The molecule has 174 valence electrons. The number of aliphatic carboxylic acids is 1. The van der Waals surface area contributed by atoms with Gasteiger partial charge in [-0.2, -0.15) is 13.2 Å². The van der Waals surface area contributed by atoms with E-state index >= 15 is 0 Å². The summed E-state index contributed by atoms with van der Waals surface area (Å²) in [6.07, 6.45) is -0.385. The first-order valence-electron chi connectivity index (χ1n) is 9.52. The van der Waals surface area contributed by atoms with Gasteiger partial charge in [0.2, 0.25) is 11.8 Å². The van der Waals surface area contributed by atoms with Crippen LogP contribution < -0.4 is 16.4 Å². The molecule has 0 aliphatic rings. The minimum Gasteiger partial charge on any atom is -0.475 e. The first-order valence-corrected chi connectivity index (χ1v) is 9.52. The second kappa shape index (κ2) is 12.7. The fraction of sp³-hybridized carbons (Fsp3) is 0.476. The minimum atomic E-state index is -5.08. The average molecular weight is 445 g/mol. The molecule has 5 N–H and O–H groups in total. The molecule has 0 aliphatic heterocycles. The third kappa shape index (κ3) is 14.7. The third-order valence-corrected chi connectivity index (χ3v) is 3.55. The minimum absolute atomic E-state index is 0.178. The molecule has 0 fully saturated rings. The van der Waals surface area contributed by atoms with Crippen molar-refractivity contribution in [3.05, 3.63) is 48.0 Å². The number of aryl methyl sites for hydroxylation is 1. The Morgan fingerprint density at radius 1 is 1.13 bits per heavy atom. The molecule has 0 saturated carbocycles. The fourth-order valence-corrected chi connectivity index (χ4v) is 2.11. The van der Waals surface area contributed by atoms with Crippen molar-refractivity contribution >= 4 is 17.8 Å². The zero-order valence-electron chi connectivity index (χ0n) is 18.0. The van der Waals surface area contributed by atoms with Crippen molar-refractivity contribution in [3.8, 4) is 0 Å². The van der Waals surface area contributed by atoms with Gasteiger partial charge in [0.05, 0.1) is 6.04 Å². The van der Waals surface area contributed by atoms with Crippen LogP contribution in [0.15, 0.2) is 42.5 Å². The quantitative estimate of drug-likeness (QED) is 0.481. The monoisotopic (exact) mass is 445 g/mol. The zero-order chi connectivity index (χ0) is 24.2. The maximum Gasteiger partial charge on any atom is 0.490 e. The molecule has 0 aromatic heterocycles. The summed E-state index contributed by atoms with van der Waals surface area (Å²) in [5.41, 5.74) is 6.50. The number of amides is 2. The molecule has 0 radical (unpaired) electrons. The van der Waals surface area contributed by atoms with E-state index in [0.717, 1.165) is 6.42 Å². The molecule has 0 aliphatic carbocycles. The number of carbonyl (C=O) groups is 3. The number of alkyl halides is 3. The van der Waals surface area contributed by atoms with E-state index < -0.39 is 18.2 Å². The molecule has 7 nitrogen and oxygen atoms in total. The van der Waals surface area contributed by atoms with Gasteiger partial charge in [0.15, 0.2) is 0 Å². The van der Waals surface area contributed by atoms with E-state index in [0.29, 0.717) is 6.42 Å². The summed E-state index contributed by atoms with van der Waals surface area (Å²) < 4.78 is 31.7. The lowest BCUT2D eigenvalue weighted by Crippen LogP contribution is -2.44. The van der Waals surface area contributed by atoms with E-state index in [9.17, 15) is 22.8 Å². The molecule has 31 heavy (non-hydrogen) atoms. The molecule has 0 saturated heterocycles. The summed E-state index contributed by atoms with van der Waals surface area (Å²) in [6.45, 7) is 7.40.